The fourth-order valence-corrected chi connectivity index (χ4v) is 4.46. The van der Waals surface area contributed by atoms with E-state index in [-0.39, 0.29) is 40.8 Å². The molecular weight excluding hydrogens is 297 g/mol. The van der Waals surface area contributed by atoms with Crippen molar-refractivity contribution in [3.05, 3.63) is 40.8 Å². The summed E-state index contributed by atoms with van der Waals surface area (Å²) in [5.41, 5.74) is 0.633. The average Bonchev–Trinajstić information content (AvgIpc) is 3.26. The number of hydrogen-bond acceptors (Lipinski definition) is 4. The van der Waals surface area contributed by atoms with E-state index in [2.05, 4.69) is 23.4 Å². The van der Waals surface area contributed by atoms with Crippen molar-refractivity contribution in [2.45, 2.75) is 19.1 Å². The van der Waals surface area contributed by atoms with Crippen LogP contribution in [0, 0.1) is 39.9 Å². The van der Waals surface area contributed by atoms with Crippen molar-refractivity contribution in [1.82, 2.24) is 0 Å². The number of fused-ring (bicyclic) bond motifs is 5. The molecule has 1 saturated carbocycles. The number of allylic oxidation sites excluding steroid dienone is 2. The molecule has 5 nitrogen and oxygen atoms in total. The molecule has 4 rings (SSSR count). The number of rotatable bonds is 3. The Morgan fingerprint density at radius 3 is 2.83 bits per heavy atom. The van der Waals surface area contributed by atoms with Gasteiger partial charge in [0.05, 0.1) is 12.0 Å². The van der Waals surface area contributed by atoms with Crippen molar-refractivity contribution in [2.75, 3.05) is 4.90 Å². The van der Waals surface area contributed by atoms with Crippen molar-refractivity contribution in [3.63, 3.8) is 0 Å². The minimum absolute atomic E-state index is 0.000184. The number of anilines is 1. The van der Waals surface area contributed by atoms with Gasteiger partial charge in [-0.05, 0) is 41.6 Å². The third-order valence-electron chi connectivity index (χ3n) is 5.40. The zero-order chi connectivity index (χ0) is 16.1. The zero-order valence-electron chi connectivity index (χ0n) is 12.2. The largest absolute Gasteiger partial charge is 0.295 e. The van der Waals surface area contributed by atoms with Crippen molar-refractivity contribution in [2.24, 2.45) is 28.8 Å². The summed E-state index contributed by atoms with van der Waals surface area (Å²) in [6, 6.07) is 6.13. The molecule has 2 unspecified atom stereocenters. The van der Waals surface area contributed by atoms with Gasteiger partial charge in [0.1, 0.15) is 18.4 Å². The number of nitrogens with zero attached hydrogens (tertiary/aromatic N) is 3. The van der Waals surface area contributed by atoms with Gasteiger partial charge in [-0.1, -0.05) is 12.2 Å². The average molecular weight is 311 g/mol. The van der Waals surface area contributed by atoms with Crippen LogP contribution < -0.4 is 4.90 Å². The third-order valence-corrected chi connectivity index (χ3v) is 5.40. The highest BCUT2D eigenvalue weighted by molar-refractivity contribution is 6.00. The second-order valence-corrected chi connectivity index (χ2v) is 6.37. The first-order chi connectivity index (χ1) is 11.2. The summed E-state index contributed by atoms with van der Waals surface area (Å²) in [6.07, 6.45) is 5.13. The van der Waals surface area contributed by atoms with Crippen LogP contribution >= 0.6 is 0 Å². The molecule has 6 heteroatoms. The lowest BCUT2D eigenvalue weighted by Gasteiger charge is -2.24. The molecule has 1 amide bonds. The van der Waals surface area contributed by atoms with Gasteiger partial charge in [-0.15, -0.1) is 4.91 Å². The van der Waals surface area contributed by atoms with Gasteiger partial charge in [-0.2, -0.15) is 5.26 Å². The highest BCUT2D eigenvalue weighted by Gasteiger charge is 2.59. The number of amides is 1. The van der Waals surface area contributed by atoms with E-state index in [4.69, 9.17) is 0 Å². The minimum Gasteiger partial charge on any atom is -0.295 e. The number of nitroso groups, excluding NO2 is 1. The van der Waals surface area contributed by atoms with E-state index < -0.39 is 12.7 Å². The molecule has 1 aromatic carbocycles. The van der Waals surface area contributed by atoms with E-state index in [0.717, 1.165) is 6.42 Å². The second-order valence-electron chi connectivity index (χ2n) is 6.37. The van der Waals surface area contributed by atoms with Crippen LogP contribution in [-0.4, -0.2) is 11.9 Å². The van der Waals surface area contributed by atoms with Crippen molar-refractivity contribution in [3.8, 4) is 6.07 Å². The van der Waals surface area contributed by atoms with Crippen molar-refractivity contribution in [1.29, 1.82) is 5.26 Å². The Labute approximate surface area is 132 Å². The fraction of sp³-hybridized carbons (Fsp3) is 0.412. The molecule has 23 heavy (non-hydrogen) atoms. The highest BCUT2D eigenvalue weighted by atomic mass is 19.1. The molecule has 5 atom stereocenters. The predicted molar refractivity (Wildman–Crippen MR) is 81.3 cm³/mol. The molecule has 0 aromatic heterocycles. The lowest BCUT2D eigenvalue weighted by molar-refractivity contribution is -0.121. The standard InChI is InChI=1S/C17H14FN3O2/c18-7-11-6-12(3-4-13(11)20-23)21-14(8-19)15-9-1-2-10(5-9)16(15)17(21)22/h1-4,6,9-10,14-16H,5,7H2/t9?,10?,14-,15-,16-/m0/s1. The van der Waals surface area contributed by atoms with Gasteiger partial charge in [0.15, 0.2) is 0 Å². The summed E-state index contributed by atoms with van der Waals surface area (Å²) in [6.45, 7) is -0.839. The van der Waals surface area contributed by atoms with E-state index >= 15 is 0 Å². The number of nitriles is 1. The Kier molecular flexibility index (Phi) is 3.05. The first-order valence-electron chi connectivity index (χ1n) is 7.63. The van der Waals surface area contributed by atoms with Crippen LogP contribution in [0.2, 0.25) is 0 Å². The maximum atomic E-state index is 13.1. The summed E-state index contributed by atoms with van der Waals surface area (Å²) in [5.74, 6) is 0.234. The normalized spacial score (nSPS) is 33.8. The van der Waals surface area contributed by atoms with E-state index in [1.165, 1.54) is 17.0 Å². The Morgan fingerprint density at radius 1 is 1.35 bits per heavy atom. The van der Waals surface area contributed by atoms with Gasteiger partial charge >= 0.3 is 0 Å². The molecular formula is C17H14FN3O2. The summed E-state index contributed by atoms with van der Waals surface area (Å²) < 4.78 is 13.1. The maximum Gasteiger partial charge on any atom is 0.232 e. The number of alkyl halides is 1. The zero-order valence-corrected chi connectivity index (χ0v) is 12.2. The Balaban J connectivity index is 1.76. The van der Waals surface area contributed by atoms with E-state index in [1.54, 1.807) is 6.07 Å². The Morgan fingerprint density at radius 2 is 2.13 bits per heavy atom. The molecule has 1 aromatic rings. The topological polar surface area (TPSA) is 73.5 Å². The minimum atomic E-state index is -0.839. The van der Waals surface area contributed by atoms with Gasteiger partial charge in [-0.3, -0.25) is 9.69 Å². The molecule has 2 aliphatic carbocycles. The Bertz CT molecular complexity index is 770. The van der Waals surface area contributed by atoms with Crippen LogP contribution in [0.4, 0.5) is 15.8 Å². The predicted octanol–water partition coefficient (Wildman–Crippen LogP) is 3.23. The summed E-state index contributed by atoms with van der Waals surface area (Å²) in [5, 5.41) is 12.4. The molecule has 0 N–H and O–H groups in total. The second kappa shape index (κ2) is 4.98. The Hall–Kier alpha value is -2.55. The summed E-state index contributed by atoms with van der Waals surface area (Å²) >= 11 is 0. The van der Waals surface area contributed by atoms with Gasteiger partial charge in [0.2, 0.25) is 5.91 Å². The molecule has 0 spiro atoms. The number of carbonyl (C=O) groups excluding carboxylic acids is 1. The van der Waals surface area contributed by atoms with E-state index in [9.17, 15) is 19.4 Å². The first kappa shape index (κ1) is 14.1. The van der Waals surface area contributed by atoms with Gasteiger partial charge < -0.3 is 0 Å². The number of halogens is 1. The number of carbonyl (C=O) groups is 1. The highest BCUT2D eigenvalue weighted by Crippen LogP contribution is 2.55. The van der Waals surface area contributed by atoms with Gasteiger partial charge in [0, 0.05) is 17.2 Å². The van der Waals surface area contributed by atoms with E-state index in [0.29, 0.717) is 5.69 Å². The van der Waals surface area contributed by atoms with Crippen LogP contribution in [0.15, 0.2) is 35.5 Å². The monoisotopic (exact) mass is 311 g/mol. The SMILES string of the molecule is N#C[C@H]1[C@@H]2C3C=CC(C3)[C@@H]2C(=O)N1c1ccc(N=O)c(CF)c1. The van der Waals surface area contributed by atoms with Crippen LogP contribution in [0.1, 0.15) is 12.0 Å². The van der Waals surface area contributed by atoms with Crippen LogP contribution in [0.25, 0.3) is 0 Å². The summed E-state index contributed by atoms with van der Waals surface area (Å²) in [7, 11) is 0. The number of benzene rings is 1. The van der Waals surface area contributed by atoms with Gasteiger partial charge in [0.25, 0.3) is 0 Å². The van der Waals surface area contributed by atoms with Crippen LogP contribution in [0.5, 0.6) is 0 Å². The quantitative estimate of drug-likeness (QED) is 0.635. The molecule has 116 valence electrons. The van der Waals surface area contributed by atoms with Crippen LogP contribution in [0.3, 0.4) is 0 Å². The smallest absolute Gasteiger partial charge is 0.232 e. The number of hydrogen-bond donors (Lipinski definition) is 0. The first-order valence-corrected chi connectivity index (χ1v) is 7.63. The van der Waals surface area contributed by atoms with Crippen LogP contribution in [-0.2, 0) is 11.5 Å². The molecule has 1 saturated heterocycles. The lowest BCUT2D eigenvalue weighted by Crippen LogP contribution is -2.36. The van der Waals surface area contributed by atoms with Crippen molar-refractivity contribution < 1.29 is 9.18 Å². The lowest BCUT2D eigenvalue weighted by atomic mass is 9.82. The third kappa shape index (κ3) is 1.79. The molecule has 1 aliphatic heterocycles. The molecule has 2 bridgehead atoms. The molecule has 0 radical (unpaired) electrons. The fourth-order valence-electron chi connectivity index (χ4n) is 4.46. The summed E-state index contributed by atoms with van der Waals surface area (Å²) in [4.78, 5) is 25.0. The van der Waals surface area contributed by atoms with Crippen molar-refractivity contribution >= 4 is 17.3 Å². The molecule has 1 heterocycles. The van der Waals surface area contributed by atoms with E-state index in [1.807, 2.05) is 0 Å². The molecule has 3 aliphatic rings. The van der Waals surface area contributed by atoms with Gasteiger partial charge in [-0.25, -0.2) is 4.39 Å². The maximum absolute atomic E-state index is 13.1. The molecule has 2 fully saturated rings.